The Bertz CT molecular complexity index is 434. The molecule has 0 radical (unpaired) electrons. The third-order valence-electron chi connectivity index (χ3n) is 3.82. The summed E-state index contributed by atoms with van der Waals surface area (Å²) in [5.41, 5.74) is 0.553. The second kappa shape index (κ2) is 4.76. The Hall–Kier alpha value is -1.29. The second-order valence-corrected chi connectivity index (χ2v) is 5.20. The van der Waals surface area contributed by atoms with E-state index < -0.39 is 0 Å². The van der Waals surface area contributed by atoms with Gasteiger partial charge in [0.05, 0.1) is 12.8 Å². The van der Waals surface area contributed by atoms with Crippen LogP contribution in [0, 0.1) is 5.82 Å². The van der Waals surface area contributed by atoms with Gasteiger partial charge in [-0.1, -0.05) is 0 Å². The first-order valence-corrected chi connectivity index (χ1v) is 6.60. The Labute approximate surface area is 107 Å². The maximum Gasteiger partial charge on any atom is 0.146 e. The zero-order chi connectivity index (χ0) is 12.5. The van der Waals surface area contributed by atoms with Crippen LogP contribution in [0.1, 0.15) is 19.3 Å². The van der Waals surface area contributed by atoms with Crippen LogP contribution in [0.4, 0.5) is 10.1 Å². The van der Waals surface area contributed by atoms with Gasteiger partial charge in [0, 0.05) is 31.2 Å². The van der Waals surface area contributed by atoms with Gasteiger partial charge in [-0.3, -0.25) is 4.90 Å². The highest BCUT2D eigenvalue weighted by molar-refractivity contribution is 5.50. The minimum absolute atomic E-state index is 0.208. The molecule has 1 atom stereocenters. The third-order valence-corrected chi connectivity index (χ3v) is 3.82. The van der Waals surface area contributed by atoms with E-state index in [4.69, 9.17) is 4.74 Å². The largest absolute Gasteiger partial charge is 0.497 e. The van der Waals surface area contributed by atoms with Crippen molar-refractivity contribution in [2.24, 2.45) is 0 Å². The van der Waals surface area contributed by atoms with Crippen molar-refractivity contribution in [1.82, 2.24) is 4.90 Å². The zero-order valence-electron chi connectivity index (χ0n) is 10.7. The van der Waals surface area contributed by atoms with Gasteiger partial charge in [-0.2, -0.15) is 0 Å². The van der Waals surface area contributed by atoms with Gasteiger partial charge in [0.25, 0.3) is 0 Å². The first-order valence-electron chi connectivity index (χ1n) is 6.60. The molecule has 0 amide bonds. The van der Waals surface area contributed by atoms with Gasteiger partial charge in [-0.25, -0.2) is 4.39 Å². The fourth-order valence-corrected chi connectivity index (χ4v) is 2.64. The Morgan fingerprint density at radius 3 is 2.89 bits per heavy atom. The lowest BCUT2D eigenvalue weighted by molar-refractivity contribution is 0.326. The summed E-state index contributed by atoms with van der Waals surface area (Å²) < 4.78 is 18.8. The van der Waals surface area contributed by atoms with E-state index in [2.05, 4.69) is 10.2 Å². The van der Waals surface area contributed by atoms with Crippen molar-refractivity contribution in [2.45, 2.75) is 31.3 Å². The molecule has 3 nitrogen and oxygen atoms in total. The van der Waals surface area contributed by atoms with Crippen molar-refractivity contribution in [3.8, 4) is 5.75 Å². The van der Waals surface area contributed by atoms with Crippen LogP contribution in [0.2, 0.25) is 0 Å². The molecular formula is C14H19FN2O. The van der Waals surface area contributed by atoms with Crippen molar-refractivity contribution in [3.63, 3.8) is 0 Å². The van der Waals surface area contributed by atoms with E-state index in [1.165, 1.54) is 18.9 Å². The molecule has 18 heavy (non-hydrogen) atoms. The predicted octanol–water partition coefficient (Wildman–Crippen LogP) is 2.48. The quantitative estimate of drug-likeness (QED) is 0.888. The van der Waals surface area contributed by atoms with Crippen LogP contribution in [-0.2, 0) is 0 Å². The molecule has 0 bridgehead atoms. The molecule has 98 valence electrons. The molecule has 1 aromatic rings. The van der Waals surface area contributed by atoms with E-state index in [0.717, 1.165) is 25.6 Å². The number of rotatable bonds is 4. The first-order chi connectivity index (χ1) is 8.76. The monoisotopic (exact) mass is 250 g/mol. The molecule has 0 aromatic heterocycles. The number of hydrogen-bond donors (Lipinski definition) is 1. The number of anilines is 1. The normalized spacial score (nSPS) is 24.2. The lowest BCUT2D eigenvalue weighted by Crippen LogP contribution is -2.28. The highest BCUT2D eigenvalue weighted by atomic mass is 19.1. The average Bonchev–Trinajstić information content (AvgIpc) is 3.13. The SMILES string of the molecule is COc1ccc(F)c(NC2CCN(C3CC3)C2)c1. The number of nitrogens with zero attached hydrogens (tertiary/aromatic N) is 1. The highest BCUT2D eigenvalue weighted by Crippen LogP contribution is 2.31. The van der Waals surface area contributed by atoms with E-state index in [1.54, 1.807) is 19.2 Å². The van der Waals surface area contributed by atoms with Crippen molar-refractivity contribution in [2.75, 3.05) is 25.5 Å². The van der Waals surface area contributed by atoms with E-state index in [9.17, 15) is 4.39 Å². The maximum absolute atomic E-state index is 13.7. The Morgan fingerprint density at radius 2 is 2.17 bits per heavy atom. The molecule has 1 unspecified atom stereocenters. The summed E-state index contributed by atoms with van der Waals surface area (Å²) in [4.78, 5) is 2.51. The number of nitrogens with one attached hydrogen (secondary N) is 1. The summed E-state index contributed by atoms with van der Waals surface area (Å²) in [6.07, 6.45) is 3.76. The Morgan fingerprint density at radius 1 is 1.33 bits per heavy atom. The summed E-state index contributed by atoms with van der Waals surface area (Å²) in [6, 6.07) is 5.98. The van der Waals surface area contributed by atoms with Gasteiger partial charge in [-0.15, -0.1) is 0 Å². The third kappa shape index (κ3) is 2.43. The fraction of sp³-hybridized carbons (Fsp3) is 0.571. The summed E-state index contributed by atoms with van der Waals surface area (Å²) in [7, 11) is 1.60. The van der Waals surface area contributed by atoms with E-state index in [0.29, 0.717) is 17.5 Å². The standard InChI is InChI=1S/C14H19FN2O/c1-18-12-4-5-13(15)14(8-12)16-10-6-7-17(9-10)11-2-3-11/h4-5,8,10-11,16H,2-3,6-7,9H2,1H3. The number of ether oxygens (including phenoxy) is 1. The summed E-state index contributed by atoms with van der Waals surface area (Å²) in [5, 5.41) is 3.30. The van der Waals surface area contributed by atoms with Crippen molar-refractivity contribution in [3.05, 3.63) is 24.0 Å². The average molecular weight is 250 g/mol. The van der Waals surface area contributed by atoms with E-state index >= 15 is 0 Å². The zero-order valence-corrected chi connectivity index (χ0v) is 10.7. The summed E-state index contributed by atoms with van der Waals surface area (Å²) in [5.74, 6) is 0.483. The lowest BCUT2D eigenvalue weighted by Gasteiger charge is -2.17. The molecule has 2 fully saturated rings. The molecular weight excluding hydrogens is 231 g/mol. The van der Waals surface area contributed by atoms with E-state index in [1.807, 2.05) is 0 Å². The minimum atomic E-state index is -0.208. The molecule has 2 aliphatic rings. The Balaban J connectivity index is 1.65. The van der Waals surface area contributed by atoms with Crippen LogP contribution < -0.4 is 10.1 Å². The van der Waals surface area contributed by atoms with Gasteiger partial charge < -0.3 is 10.1 Å². The van der Waals surface area contributed by atoms with E-state index in [-0.39, 0.29) is 5.82 Å². The number of halogens is 1. The first kappa shape index (κ1) is 11.8. The van der Waals surface area contributed by atoms with Crippen molar-refractivity contribution in [1.29, 1.82) is 0 Å². The number of hydrogen-bond acceptors (Lipinski definition) is 3. The van der Waals surface area contributed by atoms with Crippen LogP contribution in [0.5, 0.6) is 5.75 Å². The molecule has 1 N–H and O–H groups in total. The number of methoxy groups -OCH3 is 1. The van der Waals surface area contributed by atoms with Gasteiger partial charge >= 0.3 is 0 Å². The number of likely N-dealkylation sites (tertiary alicyclic amines) is 1. The molecule has 1 aliphatic carbocycles. The fourth-order valence-electron chi connectivity index (χ4n) is 2.64. The Kier molecular flexibility index (Phi) is 3.12. The van der Waals surface area contributed by atoms with Crippen LogP contribution in [0.15, 0.2) is 18.2 Å². The smallest absolute Gasteiger partial charge is 0.146 e. The molecule has 1 saturated carbocycles. The molecule has 0 spiro atoms. The van der Waals surface area contributed by atoms with Crippen molar-refractivity contribution >= 4 is 5.69 Å². The molecule has 4 heteroatoms. The van der Waals surface area contributed by atoms with Gasteiger partial charge in [-0.05, 0) is 31.4 Å². The second-order valence-electron chi connectivity index (χ2n) is 5.20. The predicted molar refractivity (Wildman–Crippen MR) is 69.6 cm³/mol. The van der Waals surface area contributed by atoms with Crippen LogP contribution >= 0.6 is 0 Å². The van der Waals surface area contributed by atoms with Gasteiger partial charge in [0.1, 0.15) is 11.6 Å². The van der Waals surface area contributed by atoms with Crippen LogP contribution in [0.25, 0.3) is 0 Å². The maximum atomic E-state index is 13.7. The van der Waals surface area contributed by atoms with Crippen LogP contribution in [-0.4, -0.2) is 37.2 Å². The molecule has 1 saturated heterocycles. The van der Waals surface area contributed by atoms with Crippen LogP contribution in [0.3, 0.4) is 0 Å². The molecule has 1 aliphatic heterocycles. The number of benzene rings is 1. The van der Waals surface area contributed by atoms with Gasteiger partial charge in [0.2, 0.25) is 0 Å². The topological polar surface area (TPSA) is 24.5 Å². The van der Waals surface area contributed by atoms with Crippen molar-refractivity contribution < 1.29 is 9.13 Å². The minimum Gasteiger partial charge on any atom is -0.497 e. The van der Waals surface area contributed by atoms with Gasteiger partial charge in [0.15, 0.2) is 0 Å². The summed E-state index contributed by atoms with van der Waals surface area (Å²) in [6.45, 7) is 2.16. The molecule has 1 heterocycles. The molecule has 1 aromatic carbocycles. The molecule has 3 rings (SSSR count). The highest BCUT2D eigenvalue weighted by Gasteiger charge is 2.34. The summed E-state index contributed by atoms with van der Waals surface area (Å²) >= 11 is 0. The lowest BCUT2D eigenvalue weighted by atomic mass is 10.2.